The summed E-state index contributed by atoms with van der Waals surface area (Å²) >= 11 is 0. The third-order valence-corrected chi connectivity index (χ3v) is 2.30. The second kappa shape index (κ2) is 7.27. The van der Waals surface area contributed by atoms with Gasteiger partial charge in [0.2, 0.25) is 5.91 Å². The van der Waals surface area contributed by atoms with Gasteiger partial charge in [-0.2, -0.15) is 0 Å². The first-order chi connectivity index (χ1) is 7.78. The molecule has 0 aliphatic heterocycles. The standard InChI is InChI=1S/C12H23NO4/c1-9(2)8-17-7-5-6-13-10(14)12(3,4)11(15)16/h9H,5-8H2,1-4H3,(H,13,14)(H,15,16). The van der Waals surface area contributed by atoms with Gasteiger partial charge in [-0.05, 0) is 26.2 Å². The van der Waals surface area contributed by atoms with E-state index >= 15 is 0 Å². The molecule has 17 heavy (non-hydrogen) atoms. The molecule has 0 aliphatic rings. The molecule has 0 saturated carbocycles. The number of carboxylic acids is 1. The van der Waals surface area contributed by atoms with Crippen molar-refractivity contribution in [2.45, 2.75) is 34.1 Å². The van der Waals surface area contributed by atoms with Crippen LogP contribution in [-0.2, 0) is 14.3 Å². The van der Waals surface area contributed by atoms with Crippen LogP contribution in [0.15, 0.2) is 0 Å². The van der Waals surface area contributed by atoms with E-state index in [-0.39, 0.29) is 0 Å². The van der Waals surface area contributed by atoms with Gasteiger partial charge >= 0.3 is 5.97 Å². The van der Waals surface area contributed by atoms with Gasteiger partial charge in [-0.3, -0.25) is 9.59 Å². The molecule has 0 atom stereocenters. The molecule has 1 amide bonds. The van der Waals surface area contributed by atoms with Crippen molar-refractivity contribution in [2.75, 3.05) is 19.8 Å². The van der Waals surface area contributed by atoms with Crippen LogP contribution in [0.2, 0.25) is 0 Å². The molecular formula is C12H23NO4. The molecule has 0 fully saturated rings. The summed E-state index contributed by atoms with van der Waals surface area (Å²) < 4.78 is 5.34. The Bertz CT molecular complexity index is 261. The van der Waals surface area contributed by atoms with Crippen molar-refractivity contribution in [1.29, 1.82) is 0 Å². The number of carbonyl (C=O) groups is 2. The molecule has 0 aliphatic carbocycles. The lowest BCUT2D eigenvalue weighted by molar-refractivity contribution is -0.153. The first-order valence-electron chi connectivity index (χ1n) is 5.88. The summed E-state index contributed by atoms with van der Waals surface area (Å²) in [5, 5.41) is 11.4. The summed E-state index contributed by atoms with van der Waals surface area (Å²) in [6.07, 6.45) is 0.689. The zero-order valence-electron chi connectivity index (χ0n) is 11.1. The lowest BCUT2D eigenvalue weighted by atomic mass is 9.93. The molecule has 0 unspecified atom stereocenters. The highest BCUT2D eigenvalue weighted by molar-refractivity contribution is 6.00. The molecule has 5 nitrogen and oxygen atoms in total. The van der Waals surface area contributed by atoms with E-state index in [4.69, 9.17) is 9.84 Å². The molecule has 0 aromatic rings. The number of carbonyl (C=O) groups excluding carboxylic acids is 1. The third kappa shape index (κ3) is 6.26. The first-order valence-corrected chi connectivity index (χ1v) is 5.88. The van der Waals surface area contributed by atoms with Gasteiger partial charge in [0.05, 0.1) is 0 Å². The Hall–Kier alpha value is -1.10. The summed E-state index contributed by atoms with van der Waals surface area (Å²) in [5.41, 5.74) is -1.38. The van der Waals surface area contributed by atoms with Gasteiger partial charge in [0.15, 0.2) is 0 Å². The molecular weight excluding hydrogens is 222 g/mol. The Morgan fingerprint density at radius 2 is 1.94 bits per heavy atom. The van der Waals surface area contributed by atoms with Gasteiger partial charge in [-0.15, -0.1) is 0 Å². The Labute approximate surface area is 103 Å². The number of hydrogen-bond donors (Lipinski definition) is 2. The predicted octanol–water partition coefficient (Wildman–Crippen LogP) is 1.28. The second-order valence-corrected chi connectivity index (χ2v) is 5.01. The van der Waals surface area contributed by atoms with E-state index in [1.54, 1.807) is 0 Å². The van der Waals surface area contributed by atoms with E-state index in [0.29, 0.717) is 32.1 Å². The van der Waals surface area contributed by atoms with Gasteiger partial charge < -0.3 is 15.2 Å². The van der Waals surface area contributed by atoms with Crippen LogP contribution in [0, 0.1) is 11.3 Å². The van der Waals surface area contributed by atoms with Gasteiger partial charge in [0.25, 0.3) is 0 Å². The van der Waals surface area contributed by atoms with Crippen LogP contribution in [0.1, 0.15) is 34.1 Å². The minimum Gasteiger partial charge on any atom is -0.480 e. The number of amides is 1. The van der Waals surface area contributed by atoms with Crippen LogP contribution in [0.3, 0.4) is 0 Å². The van der Waals surface area contributed by atoms with Crippen molar-refractivity contribution < 1.29 is 19.4 Å². The minimum absolute atomic E-state index is 0.438. The molecule has 0 heterocycles. The summed E-state index contributed by atoms with van der Waals surface area (Å²) in [6.45, 7) is 8.63. The van der Waals surface area contributed by atoms with Crippen LogP contribution < -0.4 is 5.32 Å². The Morgan fingerprint density at radius 1 is 1.35 bits per heavy atom. The fraction of sp³-hybridized carbons (Fsp3) is 0.833. The van der Waals surface area contributed by atoms with Crippen molar-refractivity contribution in [3.63, 3.8) is 0 Å². The van der Waals surface area contributed by atoms with Crippen molar-refractivity contribution in [3.05, 3.63) is 0 Å². The maximum absolute atomic E-state index is 11.5. The third-order valence-electron chi connectivity index (χ3n) is 2.30. The van der Waals surface area contributed by atoms with Crippen molar-refractivity contribution in [2.24, 2.45) is 11.3 Å². The van der Waals surface area contributed by atoms with E-state index in [1.807, 2.05) is 0 Å². The molecule has 0 spiro atoms. The highest BCUT2D eigenvalue weighted by atomic mass is 16.5. The molecule has 2 N–H and O–H groups in total. The van der Waals surface area contributed by atoms with Crippen LogP contribution in [0.4, 0.5) is 0 Å². The van der Waals surface area contributed by atoms with Gasteiger partial charge in [-0.1, -0.05) is 13.8 Å². The molecule has 0 aromatic heterocycles. The maximum Gasteiger partial charge on any atom is 0.318 e. The average molecular weight is 245 g/mol. The number of carboxylic acid groups (broad SMARTS) is 1. The molecule has 0 saturated heterocycles. The van der Waals surface area contributed by atoms with E-state index in [0.717, 1.165) is 0 Å². The molecule has 0 bridgehead atoms. The summed E-state index contributed by atoms with van der Waals surface area (Å²) in [7, 11) is 0. The fourth-order valence-electron chi connectivity index (χ4n) is 1.01. The van der Waals surface area contributed by atoms with Gasteiger partial charge in [-0.25, -0.2) is 0 Å². The average Bonchev–Trinajstić information content (AvgIpc) is 2.21. The number of rotatable bonds is 8. The summed E-state index contributed by atoms with van der Waals surface area (Å²) in [6, 6.07) is 0. The Kier molecular flexibility index (Phi) is 6.80. The Morgan fingerprint density at radius 3 is 2.41 bits per heavy atom. The topological polar surface area (TPSA) is 75.6 Å². The predicted molar refractivity (Wildman–Crippen MR) is 64.7 cm³/mol. The van der Waals surface area contributed by atoms with E-state index in [1.165, 1.54) is 13.8 Å². The van der Waals surface area contributed by atoms with Crippen molar-refractivity contribution in [3.8, 4) is 0 Å². The monoisotopic (exact) mass is 245 g/mol. The van der Waals surface area contributed by atoms with Crippen LogP contribution in [-0.4, -0.2) is 36.7 Å². The quantitative estimate of drug-likeness (QED) is 0.499. The van der Waals surface area contributed by atoms with E-state index in [9.17, 15) is 9.59 Å². The summed E-state index contributed by atoms with van der Waals surface area (Å²) in [5.74, 6) is -1.09. The molecule has 0 aromatic carbocycles. The fourth-order valence-corrected chi connectivity index (χ4v) is 1.01. The normalized spacial score (nSPS) is 11.6. The van der Waals surface area contributed by atoms with Crippen LogP contribution >= 0.6 is 0 Å². The number of aliphatic carboxylic acids is 1. The summed E-state index contributed by atoms with van der Waals surface area (Å²) in [4.78, 5) is 22.3. The van der Waals surface area contributed by atoms with Crippen molar-refractivity contribution >= 4 is 11.9 Å². The highest BCUT2D eigenvalue weighted by Crippen LogP contribution is 2.14. The minimum atomic E-state index is -1.38. The van der Waals surface area contributed by atoms with E-state index < -0.39 is 17.3 Å². The molecule has 100 valence electrons. The zero-order chi connectivity index (χ0) is 13.5. The van der Waals surface area contributed by atoms with Gasteiger partial charge in [0, 0.05) is 19.8 Å². The highest BCUT2D eigenvalue weighted by Gasteiger charge is 2.35. The molecule has 0 rings (SSSR count). The number of ether oxygens (including phenoxy) is 1. The van der Waals surface area contributed by atoms with Crippen LogP contribution in [0.25, 0.3) is 0 Å². The zero-order valence-corrected chi connectivity index (χ0v) is 11.1. The van der Waals surface area contributed by atoms with Crippen LogP contribution in [0.5, 0.6) is 0 Å². The molecule has 5 heteroatoms. The maximum atomic E-state index is 11.5. The second-order valence-electron chi connectivity index (χ2n) is 5.01. The molecule has 0 radical (unpaired) electrons. The largest absolute Gasteiger partial charge is 0.480 e. The SMILES string of the molecule is CC(C)COCCCNC(=O)C(C)(C)C(=O)O. The van der Waals surface area contributed by atoms with E-state index in [2.05, 4.69) is 19.2 Å². The first kappa shape index (κ1) is 15.9. The smallest absolute Gasteiger partial charge is 0.318 e. The number of nitrogens with one attached hydrogen (secondary N) is 1. The van der Waals surface area contributed by atoms with Gasteiger partial charge in [0.1, 0.15) is 5.41 Å². The number of hydrogen-bond acceptors (Lipinski definition) is 3. The lowest BCUT2D eigenvalue weighted by Gasteiger charge is -2.18. The lowest BCUT2D eigenvalue weighted by Crippen LogP contribution is -2.42. The van der Waals surface area contributed by atoms with Crippen molar-refractivity contribution in [1.82, 2.24) is 5.32 Å². The Balaban J connectivity index is 3.69.